The van der Waals surface area contributed by atoms with Crippen LogP contribution in [0.25, 0.3) is 10.8 Å². The number of aliphatic imine (C=N–C) groups is 1. The van der Waals surface area contributed by atoms with Crippen molar-refractivity contribution in [2.24, 2.45) is 22.4 Å². The summed E-state index contributed by atoms with van der Waals surface area (Å²) >= 11 is 0. The van der Waals surface area contributed by atoms with Gasteiger partial charge in [-0.2, -0.15) is 0 Å². The standard InChI is InChI=1S/C20H30N4.HNO3/c1-15(2)20(12-13-24(3)4,14-23-19(21)22)18-11-7-9-16-8-5-6-10-17(16)18;2-1(3)4/h5-11,15H,12-14H2,1-4H3,(H4,21,22,23);(H,2,3,4). The zero-order valence-electron chi connectivity index (χ0n) is 17.0. The Morgan fingerprint density at radius 3 is 2.32 bits per heavy atom. The van der Waals surface area contributed by atoms with Crippen molar-refractivity contribution in [2.45, 2.75) is 25.7 Å². The van der Waals surface area contributed by atoms with Crippen LogP contribution in [0.1, 0.15) is 25.8 Å². The molecule has 0 spiro atoms. The van der Waals surface area contributed by atoms with E-state index in [0.717, 1.165) is 13.0 Å². The fourth-order valence-electron chi connectivity index (χ4n) is 3.40. The molecule has 0 saturated carbocycles. The fourth-order valence-corrected chi connectivity index (χ4v) is 3.40. The first-order chi connectivity index (χ1) is 13.1. The molecule has 0 saturated heterocycles. The third-order valence-electron chi connectivity index (χ3n) is 4.98. The highest BCUT2D eigenvalue weighted by atomic mass is 16.9. The summed E-state index contributed by atoms with van der Waals surface area (Å²) in [5, 5.41) is 16.2. The lowest BCUT2D eigenvalue weighted by molar-refractivity contribution is -0.742. The van der Waals surface area contributed by atoms with E-state index < -0.39 is 5.09 Å². The van der Waals surface area contributed by atoms with Crippen LogP contribution in [0.5, 0.6) is 0 Å². The van der Waals surface area contributed by atoms with E-state index in [-0.39, 0.29) is 11.4 Å². The molecule has 28 heavy (non-hydrogen) atoms. The Bertz CT molecular complexity index is 794. The lowest BCUT2D eigenvalue weighted by Crippen LogP contribution is -2.40. The summed E-state index contributed by atoms with van der Waals surface area (Å²) in [4.78, 5) is 15.0. The summed E-state index contributed by atoms with van der Waals surface area (Å²) in [7, 11) is 4.21. The average molecular weight is 390 g/mol. The minimum Gasteiger partial charge on any atom is -0.370 e. The Labute approximate surface area is 166 Å². The van der Waals surface area contributed by atoms with Crippen LogP contribution in [0.15, 0.2) is 47.5 Å². The molecule has 8 nitrogen and oxygen atoms in total. The first-order valence-electron chi connectivity index (χ1n) is 9.11. The highest BCUT2D eigenvalue weighted by Gasteiger charge is 2.36. The number of nitrogens with two attached hydrogens (primary N) is 2. The van der Waals surface area contributed by atoms with Crippen LogP contribution in [-0.4, -0.2) is 48.3 Å². The summed E-state index contributed by atoms with van der Waals surface area (Å²) in [6.07, 6.45) is 1.00. The number of hydrogen-bond acceptors (Lipinski definition) is 4. The molecule has 2 aromatic carbocycles. The summed E-state index contributed by atoms with van der Waals surface area (Å²) in [5.41, 5.74) is 12.6. The van der Waals surface area contributed by atoms with Crippen molar-refractivity contribution in [3.05, 3.63) is 58.1 Å². The molecule has 1 unspecified atom stereocenters. The third-order valence-corrected chi connectivity index (χ3v) is 4.98. The summed E-state index contributed by atoms with van der Waals surface area (Å²) in [6, 6.07) is 15.1. The molecule has 0 amide bonds. The average Bonchev–Trinajstić information content (AvgIpc) is 2.61. The summed E-state index contributed by atoms with van der Waals surface area (Å²) in [6.45, 7) is 6.12. The fraction of sp³-hybridized carbons (Fsp3) is 0.450. The zero-order chi connectivity index (χ0) is 21.3. The van der Waals surface area contributed by atoms with Crippen LogP contribution in [0, 0.1) is 16.0 Å². The van der Waals surface area contributed by atoms with Gasteiger partial charge in [-0.25, -0.2) is 0 Å². The number of guanidine groups is 1. The highest BCUT2D eigenvalue weighted by Crippen LogP contribution is 2.40. The van der Waals surface area contributed by atoms with Crippen molar-refractivity contribution < 1.29 is 10.3 Å². The van der Waals surface area contributed by atoms with Crippen molar-refractivity contribution >= 4 is 16.7 Å². The summed E-state index contributed by atoms with van der Waals surface area (Å²) in [5.74, 6) is 0.566. The van der Waals surface area contributed by atoms with Crippen molar-refractivity contribution in [3.63, 3.8) is 0 Å². The smallest absolute Gasteiger partial charge is 0.291 e. The summed E-state index contributed by atoms with van der Waals surface area (Å²) < 4.78 is 0. The maximum Gasteiger partial charge on any atom is 0.291 e. The molecule has 8 heteroatoms. The van der Waals surface area contributed by atoms with Gasteiger partial charge < -0.3 is 21.6 Å². The van der Waals surface area contributed by atoms with Gasteiger partial charge in [0, 0.05) is 5.41 Å². The first-order valence-corrected chi connectivity index (χ1v) is 9.11. The number of rotatable bonds is 7. The molecule has 0 aliphatic heterocycles. The van der Waals surface area contributed by atoms with E-state index in [1.54, 1.807) is 0 Å². The van der Waals surface area contributed by atoms with E-state index >= 15 is 0 Å². The molecule has 0 aromatic heterocycles. The molecule has 1 atom stereocenters. The minimum absolute atomic E-state index is 0.102. The molecular weight excluding hydrogens is 358 g/mol. The van der Waals surface area contributed by atoms with Gasteiger partial charge in [-0.1, -0.05) is 56.3 Å². The number of benzene rings is 2. The Balaban J connectivity index is 0.000000892. The van der Waals surface area contributed by atoms with Gasteiger partial charge in [-0.15, -0.1) is 10.1 Å². The minimum atomic E-state index is -1.50. The second-order valence-corrected chi connectivity index (χ2v) is 7.37. The van der Waals surface area contributed by atoms with E-state index in [9.17, 15) is 0 Å². The van der Waals surface area contributed by atoms with Gasteiger partial charge >= 0.3 is 0 Å². The highest BCUT2D eigenvalue weighted by molar-refractivity contribution is 5.87. The Morgan fingerprint density at radius 2 is 1.79 bits per heavy atom. The van der Waals surface area contributed by atoms with Gasteiger partial charge in [-0.05, 0) is 49.3 Å². The predicted octanol–water partition coefficient (Wildman–Crippen LogP) is 2.61. The van der Waals surface area contributed by atoms with E-state index in [1.807, 2.05) is 0 Å². The van der Waals surface area contributed by atoms with Crippen LogP contribution in [0.3, 0.4) is 0 Å². The Hall–Kier alpha value is -2.87. The van der Waals surface area contributed by atoms with Gasteiger partial charge in [0.15, 0.2) is 5.96 Å². The van der Waals surface area contributed by atoms with Gasteiger partial charge in [0.2, 0.25) is 0 Å². The Kier molecular flexibility index (Phi) is 8.66. The molecule has 0 radical (unpaired) electrons. The van der Waals surface area contributed by atoms with E-state index in [4.69, 9.17) is 26.8 Å². The van der Waals surface area contributed by atoms with E-state index in [0.29, 0.717) is 12.5 Å². The van der Waals surface area contributed by atoms with Crippen molar-refractivity contribution in [1.82, 2.24) is 4.90 Å². The molecule has 5 N–H and O–H groups in total. The number of hydrogen-bond donors (Lipinski definition) is 3. The van der Waals surface area contributed by atoms with Crippen molar-refractivity contribution in [1.29, 1.82) is 0 Å². The molecular formula is C20H31N5O3. The second-order valence-electron chi connectivity index (χ2n) is 7.37. The molecule has 0 aliphatic rings. The number of fused-ring (bicyclic) bond motifs is 1. The lowest BCUT2D eigenvalue weighted by atomic mass is 9.68. The predicted molar refractivity (Wildman–Crippen MR) is 113 cm³/mol. The number of nitrogens with zero attached hydrogens (tertiary/aromatic N) is 3. The van der Waals surface area contributed by atoms with E-state index in [2.05, 4.69) is 80.3 Å². The monoisotopic (exact) mass is 389 g/mol. The third kappa shape index (κ3) is 6.38. The van der Waals surface area contributed by atoms with Crippen LogP contribution in [0.4, 0.5) is 0 Å². The Morgan fingerprint density at radius 1 is 1.21 bits per heavy atom. The maximum atomic E-state index is 8.36. The van der Waals surface area contributed by atoms with Crippen molar-refractivity contribution in [3.8, 4) is 0 Å². The van der Waals surface area contributed by atoms with Gasteiger partial charge in [0.05, 0.1) is 6.54 Å². The molecule has 0 aliphatic carbocycles. The molecule has 0 heterocycles. The SMILES string of the molecule is CC(C)C(CCN(C)C)(CN=C(N)N)c1cccc2ccccc12.O=[N+]([O-])O. The van der Waals surface area contributed by atoms with E-state index in [1.165, 1.54) is 16.3 Å². The largest absolute Gasteiger partial charge is 0.370 e. The zero-order valence-corrected chi connectivity index (χ0v) is 17.0. The van der Waals surface area contributed by atoms with Crippen LogP contribution in [0.2, 0.25) is 0 Å². The quantitative estimate of drug-likeness (QED) is 0.289. The second kappa shape index (κ2) is 10.5. The van der Waals surface area contributed by atoms with Crippen molar-refractivity contribution in [2.75, 3.05) is 27.2 Å². The van der Waals surface area contributed by atoms with Crippen LogP contribution in [-0.2, 0) is 5.41 Å². The molecule has 0 bridgehead atoms. The molecule has 154 valence electrons. The van der Waals surface area contributed by atoms with Crippen LogP contribution < -0.4 is 11.5 Å². The molecule has 0 fully saturated rings. The molecule has 2 aromatic rings. The van der Waals surface area contributed by atoms with Gasteiger partial charge in [0.1, 0.15) is 0 Å². The topological polar surface area (TPSA) is 131 Å². The molecule has 2 rings (SSSR count). The van der Waals surface area contributed by atoms with Gasteiger partial charge in [0.25, 0.3) is 5.09 Å². The normalized spacial score (nSPS) is 12.9. The first kappa shape index (κ1) is 23.2. The van der Waals surface area contributed by atoms with Crippen LogP contribution >= 0.6 is 0 Å². The maximum absolute atomic E-state index is 8.36. The van der Waals surface area contributed by atoms with Gasteiger partial charge in [-0.3, -0.25) is 4.99 Å². The lowest BCUT2D eigenvalue weighted by Gasteiger charge is -2.39.